The predicted molar refractivity (Wildman–Crippen MR) is 81.3 cm³/mol. The third kappa shape index (κ3) is 8.60. The zero-order chi connectivity index (χ0) is 14.7. The Hall–Kier alpha value is -0.130. The number of methoxy groups -OCH3 is 1. The first kappa shape index (κ1) is 18.9. The van der Waals surface area contributed by atoms with Gasteiger partial charge in [0.05, 0.1) is 11.9 Å². The molecule has 0 heterocycles. The minimum Gasteiger partial charge on any atom is -0.380 e. The molecule has 5 heteroatoms. The largest absolute Gasteiger partial charge is 0.380 e. The van der Waals surface area contributed by atoms with Crippen molar-refractivity contribution in [1.82, 2.24) is 5.32 Å². The average Bonchev–Trinajstić information content (AvgIpc) is 2.40. The van der Waals surface area contributed by atoms with E-state index >= 15 is 0 Å². The highest BCUT2D eigenvalue weighted by Crippen LogP contribution is 2.12. The van der Waals surface area contributed by atoms with Gasteiger partial charge in [0.25, 0.3) is 0 Å². The summed E-state index contributed by atoms with van der Waals surface area (Å²) in [4.78, 5) is 0. The summed E-state index contributed by atoms with van der Waals surface area (Å²) in [5.74, 6) is 0.527. The first-order chi connectivity index (χ1) is 9.00. The van der Waals surface area contributed by atoms with Gasteiger partial charge >= 0.3 is 0 Å². The Balaban J connectivity index is 4.33. The third-order valence-corrected chi connectivity index (χ3v) is 5.18. The first-order valence-corrected chi connectivity index (χ1v) is 9.29. The van der Waals surface area contributed by atoms with Gasteiger partial charge in [-0.15, -0.1) is 0 Å². The summed E-state index contributed by atoms with van der Waals surface area (Å²) >= 11 is 0. The molecule has 0 saturated heterocycles. The SMILES string of the molecule is CCCNC(CCCS(=O)(=O)CC)C(CCC)OC. The fourth-order valence-electron chi connectivity index (χ4n) is 2.18. The molecule has 19 heavy (non-hydrogen) atoms. The number of hydrogen-bond acceptors (Lipinski definition) is 4. The summed E-state index contributed by atoms with van der Waals surface area (Å²) in [7, 11) is -1.11. The highest BCUT2D eigenvalue weighted by Gasteiger charge is 2.20. The van der Waals surface area contributed by atoms with Gasteiger partial charge in [-0.1, -0.05) is 27.2 Å². The molecule has 0 rings (SSSR count). The number of ether oxygens (including phenoxy) is 1. The van der Waals surface area contributed by atoms with Crippen LogP contribution in [0.4, 0.5) is 0 Å². The molecule has 0 bridgehead atoms. The van der Waals surface area contributed by atoms with Crippen LogP contribution in [0.15, 0.2) is 0 Å². The molecule has 0 amide bonds. The quantitative estimate of drug-likeness (QED) is 0.600. The molecule has 0 saturated carbocycles. The van der Waals surface area contributed by atoms with Gasteiger partial charge in [-0.3, -0.25) is 0 Å². The van der Waals surface area contributed by atoms with E-state index in [1.54, 1.807) is 14.0 Å². The van der Waals surface area contributed by atoms with Crippen molar-refractivity contribution >= 4 is 9.84 Å². The molecule has 0 aliphatic rings. The molecule has 2 unspecified atom stereocenters. The Morgan fingerprint density at radius 2 is 1.79 bits per heavy atom. The van der Waals surface area contributed by atoms with Gasteiger partial charge in [-0.05, 0) is 32.2 Å². The van der Waals surface area contributed by atoms with E-state index in [0.717, 1.165) is 32.2 Å². The van der Waals surface area contributed by atoms with Crippen LogP contribution in [0.2, 0.25) is 0 Å². The van der Waals surface area contributed by atoms with E-state index in [2.05, 4.69) is 19.2 Å². The van der Waals surface area contributed by atoms with Gasteiger partial charge in [0.1, 0.15) is 9.84 Å². The molecule has 2 atom stereocenters. The molecular weight excluding hydrogens is 262 g/mol. The van der Waals surface area contributed by atoms with Crippen molar-refractivity contribution in [2.24, 2.45) is 0 Å². The summed E-state index contributed by atoms with van der Waals surface area (Å²) < 4.78 is 28.6. The van der Waals surface area contributed by atoms with Gasteiger partial charge in [-0.2, -0.15) is 0 Å². The molecule has 0 aromatic rings. The second kappa shape index (κ2) is 10.6. The lowest BCUT2D eigenvalue weighted by Gasteiger charge is -2.27. The Labute approximate surface area is 119 Å². The normalized spacial score (nSPS) is 15.4. The minimum atomic E-state index is -2.85. The number of sulfone groups is 1. The van der Waals surface area contributed by atoms with E-state index in [1.807, 2.05) is 0 Å². The zero-order valence-electron chi connectivity index (χ0n) is 12.9. The highest BCUT2D eigenvalue weighted by molar-refractivity contribution is 7.91. The van der Waals surface area contributed by atoms with Crippen molar-refractivity contribution in [2.75, 3.05) is 25.2 Å². The van der Waals surface area contributed by atoms with Gasteiger partial charge in [-0.25, -0.2) is 8.42 Å². The van der Waals surface area contributed by atoms with Crippen LogP contribution in [-0.4, -0.2) is 45.7 Å². The van der Waals surface area contributed by atoms with Crippen LogP contribution in [0, 0.1) is 0 Å². The first-order valence-electron chi connectivity index (χ1n) is 7.47. The van der Waals surface area contributed by atoms with Crippen LogP contribution >= 0.6 is 0 Å². The van der Waals surface area contributed by atoms with Crippen LogP contribution < -0.4 is 5.32 Å². The van der Waals surface area contributed by atoms with Crippen molar-refractivity contribution in [3.63, 3.8) is 0 Å². The van der Waals surface area contributed by atoms with E-state index in [0.29, 0.717) is 6.42 Å². The van der Waals surface area contributed by atoms with Gasteiger partial charge in [0, 0.05) is 18.9 Å². The summed E-state index contributed by atoms with van der Waals surface area (Å²) in [6, 6.07) is 0.261. The van der Waals surface area contributed by atoms with Crippen molar-refractivity contribution in [3.05, 3.63) is 0 Å². The molecule has 0 spiro atoms. The van der Waals surface area contributed by atoms with E-state index in [4.69, 9.17) is 4.74 Å². The molecule has 0 aliphatic carbocycles. The van der Waals surface area contributed by atoms with Crippen LogP contribution in [0.1, 0.15) is 52.9 Å². The lowest BCUT2D eigenvalue weighted by molar-refractivity contribution is 0.0579. The molecule has 4 nitrogen and oxygen atoms in total. The monoisotopic (exact) mass is 293 g/mol. The van der Waals surface area contributed by atoms with E-state index in [9.17, 15) is 8.42 Å². The molecule has 116 valence electrons. The van der Waals surface area contributed by atoms with E-state index in [-0.39, 0.29) is 23.7 Å². The van der Waals surface area contributed by atoms with Crippen LogP contribution in [0.5, 0.6) is 0 Å². The third-order valence-electron chi connectivity index (χ3n) is 3.39. The Kier molecular flexibility index (Phi) is 10.6. The molecule has 0 aromatic carbocycles. The van der Waals surface area contributed by atoms with Crippen LogP contribution in [-0.2, 0) is 14.6 Å². The summed E-state index contributed by atoms with van der Waals surface area (Å²) in [5.41, 5.74) is 0. The fourth-order valence-corrected chi connectivity index (χ4v) is 3.08. The summed E-state index contributed by atoms with van der Waals surface area (Å²) in [6.45, 7) is 6.93. The highest BCUT2D eigenvalue weighted by atomic mass is 32.2. The van der Waals surface area contributed by atoms with Crippen molar-refractivity contribution in [3.8, 4) is 0 Å². The van der Waals surface area contributed by atoms with Crippen molar-refractivity contribution in [2.45, 2.75) is 65.0 Å². The Bertz CT molecular complexity index is 304. The molecule has 0 aromatic heterocycles. The van der Waals surface area contributed by atoms with Crippen molar-refractivity contribution in [1.29, 1.82) is 0 Å². The van der Waals surface area contributed by atoms with Gasteiger partial charge in [0.2, 0.25) is 0 Å². The molecule has 0 radical (unpaired) electrons. The fraction of sp³-hybridized carbons (Fsp3) is 1.00. The minimum absolute atomic E-state index is 0.181. The van der Waals surface area contributed by atoms with Crippen LogP contribution in [0.25, 0.3) is 0 Å². The maximum Gasteiger partial charge on any atom is 0.150 e. The molecular formula is C14H31NO3S. The number of hydrogen-bond donors (Lipinski definition) is 1. The Morgan fingerprint density at radius 3 is 2.26 bits per heavy atom. The van der Waals surface area contributed by atoms with E-state index < -0.39 is 9.84 Å². The second-order valence-electron chi connectivity index (χ2n) is 5.00. The maximum absolute atomic E-state index is 11.5. The molecule has 0 aliphatic heterocycles. The molecule has 0 fully saturated rings. The Morgan fingerprint density at radius 1 is 1.11 bits per heavy atom. The van der Waals surface area contributed by atoms with Gasteiger partial charge in [0.15, 0.2) is 0 Å². The lowest BCUT2D eigenvalue weighted by Crippen LogP contribution is -2.41. The second-order valence-corrected chi connectivity index (χ2v) is 7.47. The van der Waals surface area contributed by atoms with Crippen molar-refractivity contribution < 1.29 is 13.2 Å². The summed E-state index contributed by atoms with van der Waals surface area (Å²) in [5, 5.41) is 3.49. The maximum atomic E-state index is 11.5. The topological polar surface area (TPSA) is 55.4 Å². The standard InChI is InChI=1S/C14H31NO3S/c1-5-9-14(18-4)13(15-11-6-2)10-8-12-19(16,17)7-3/h13-15H,5-12H2,1-4H3. The zero-order valence-corrected chi connectivity index (χ0v) is 13.8. The van der Waals surface area contributed by atoms with Crippen LogP contribution in [0.3, 0.4) is 0 Å². The number of nitrogens with one attached hydrogen (secondary N) is 1. The molecule has 1 N–H and O–H groups in total. The summed E-state index contributed by atoms with van der Waals surface area (Å²) in [6.07, 6.45) is 4.92. The van der Waals surface area contributed by atoms with E-state index in [1.165, 1.54) is 0 Å². The van der Waals surface area contributed by atoms with Gasteiger partial charge < -0.3 is 10.1 Å². The smallest absolute Gasteiger partial charge is 0.150 e. The average molecular weight is 293 g/mol. The predicted octanol–water partition coefficient (Wildman–Crippen LogP) is 2.38. The number of rotatable bonds is 12. The lowest BCUT2D eigenvalue weighted by atomic mass is 10.0.